The van der Waals surface area contributed by atoms with Crippen molar-refractivity contribution in [1.82, 2.24) is 14.3 Å². The van der Waals surface area contributed by atoms with Gasteiger partial charge in [0.1, 0.15) is 12.7 Å². The lowest BCUT2D eigenvalue weighted by Crippen LogP contribution is -2.05. The number of alkyl halides is 1. The summed E-state index contributed by atoms with van der Waals surface area (Å²) in [7, 11) is 0. The van der Waals surface area contributed by atoms with Crippen molar-refractivity contribution in [3.05, 3.63) is 42.4 Å². The highest BCUT2D eigenvalue weighted by Crippen LogP contribution is 2.27. The molecule has 0 aliphatic carbocycles. The molecule has 24 heavy (non-hydrogen) atoms. The van der Waals surface area contributed by atoms with E-state index in [1.807, 2.05) is 0 Å². The molecule has 8 heteroatoms. The maximum Gasteiger partial charge on any atom is 0.511 e. The van der Waals surface area contributed by atoms with Gasteiger partial charge in [0.15, 0.2) is 5.75 Å². The van der Waals surface area contributed by atoms with Gasteiger partial charge in [-0.25, -0.2) is 13.9 Å². The van der Waals surface area contributed by atoms with E-state index in [1.54, 1.807) is 35.9 Å². The highest BCUT2D eigenvalue weighted by molar-refractivity contribution is 5.88. The fourth-order valence-electron chi connectivity index (χ4n) is 2.51. The standard InChI is InChI=1S/C16H13FN4O3/c1-10(5-17)20-8-11(6-18)14-4-12(2-3-15(14)20)21-9-13(7-19-21)24-16(22)23/h2-4,7-10H,5H2,1H3,(H,22,23). The molecule has 1 atom stereocenters. The average molecular weight is 328 g/mol. The third kappa shape index (κ3) is 2.67. The second-order valence-corrected chi connectivity index (χ2v) is 5.26. The van der Waals surface area contributed by atoms with Gasteiger partial charge in [-0.3, -0.25) is 0 Å². The Morgan fingerprint density at radius 1 is 1.50 bits per heavy atom. The molecule has 1 aromatic carbocycles. The van der Waals surface area contributed by atoms with Gasteiger partial charge in [0.2, 0.25) is 0 Å². The summed E-state index contributed by atoms with van der Waals surface area (Å²) >= 11 is 0. The van der Waals surface area contributed by atoms with Crippen LogP contribution < -0.4 is 4.74 Å². The number of hydrogen-bond acceptors (Lipinski definition) is 4. The first-order chi connectivity index (χ1) is 11.5. The zero-order valence-electron chi connectivity index (χ0n) is 12.7. The zero-order valence-corrected chi connectivity index (χ0v) is 12.7. The zero-order chi connectivity index (χ0) is 17.3. The Hall–Kier alpha value is -3.34. The Labute approximate surface area is 136 Å². The number of carbonyl (C=O) groups is 1. The van der Waals surface area contributed by atoms with Crippen molar-refractivity contribution in [1.29, 1.82) is 5.26 Å². The van der Waals surface area contributed by atoms with Gasteiger partial charge in [-0.1, -0.05) is 0 Å². The lowest BCUT2D eigenvalue weighted by molar-refractivity contribution is 0.144. The predicted molar refractivity (Wildman–Crippen MR) is 83.1 cm³/mol. The number of nitriles is 1. The van der Waals surface area contributed by atoms with Crippen LogP contribution in [0.25, 0.3) is 16.6 Å². The van der Waals surface area contributed by atoms with Crippen molar-refractivity contribution in [2.45, 2.75) is 13.0 Å². The molecule has 0 radical (unpaired) electrons. The summed E-state index contributed by atoms with van der Waals surface area (Å²) in [5.41, 5.74) is 1.81. The van der Waals surface area contributed by atoms with Gasteiger partial charge in [-0.2, -0.15) is 10.4 Å². The molecule has 3 rings (SSSR count). The maximum absolute atomic E-state index is 13.0. The van der Waals surface area contributed by atoms with E-state index in [0.717, 1.165) is 5.52 Å². The molecule has 2 heterocycles. The molecular weight excluding hydrogens is 315 g/mol. The van der Waals surface area contributed by atoms with Crippen LogP contribution in [-0.2, 0) is 0 Å². The molecule has 0 saturated carbocycles. The minimum Gasteiger partial charge on any atom is -0.449 e. The van der Waals surface area contributed by atoms with E-state index in [2.05, 4.69) is 15.9 Å². The molecule has 3 aromatic rings. The predicted octanol–water partition coefficient (Wildman–Crippen LogP) is 3.29. The van der Waals surface area contributed by atoms with Crippen LogP contribution in [-0.4, -0.2) is 32.3 Å². The molecule has 7 nitrogen and oxygen atoms in total. The van der Waals surface area contributed by atoms with Crippen LogP contribution >= 0.6 is 0 Å². The summed E-state index contributed by atoms with van der Waals surface area (Å²) in [5.74, 6) is 0.0896. The number of ether oxygens (including phenoxy) is 1. The molecule has 0 spiro atoms. The highest BCUT2D eigenvalue weighted by atomic mass is 19.1. The third-order valence-electron chi connectivity index (χ3n) is 3.66. The van der Waals surface area contributed by atoms with Crippen LogP contribution in [0.4, 0.5) is 9.18 Å². The number of hydrogen-bond donors (Lipinski definition) is 1. The number of rotatable bonds is 4. The number of aromatic nitrogens is 3. The fourth-order valence-corrected chi connectivity index (χ4v) is 2.51. The number of benzene rings is 1. The van der Waals surface area contributed by atoms with Crippen molar-refractivity contribution in [2.24, 2.45) is 0 Å². The Kier molecular flexibility index (Phi) is 3.92. The van der Waals surface area contributed by atoms with Crippen molar-refractivity contribution < 1.29 is 19.0 Å². The molecule has 0 aliphatic heterocycles. The van der Waals surface area contributed by atoms with Crippen LogP contribution in [0, 0.1) is 11.3 Å². The topological polar surface area (TPSA) is 93.1 Å². The Morgan fingerprint density at radius 2 is 2.29 bits per heavy atom. The van der Waals surface area contributed by atoms with E-state index < -0.39 is 12.8 Å². The maximum atomic E-state index is 13.0. The molecule has 1 N–H and O–H groups in total. The smallest absolute Gasteiger partial charge is 0.449 e. The molecule has 122 valence electrons. The Balaban J connectivity index is 2.07. The number of carboxylic acid groups (broad SMARTS) is 1. The van der Waals surface area contributed by atoms with Gasteiger partial charge in [0.05, 0.1) is 29.7 Å². The first-order valence-corrected chi connectivity index (χ1v) is 7.10. The summed E-state index contributed by atoms with van der Waals surface area (Å²) in [6.45, 7) is 1.20. The third-order valence-corrected chi connectivity index (χ3v) is 3.66. The molecule has 0 saturated heterocycles. The van der Waals surface area contributed by atoms with E-state index in [1.165, 1.54) is 17.1 Å². The van der Waals surface area contributed by atoms with Crippen LogP contribution in [0.15, 0.2) is 36.8 Å². The van der Waals surface area contributed by atoms with Crippen LogP contribution in [0.3, 0.4) is 0 Å². The van der Waals surface area contributed by atoms with E-state index in [-0.39, 0.29) is 11.8 Å². The fraction of sp³-hybridized carbons (Fsp3) is 0.188. The van der Waals surface area contributed by atoms with Gasteiger partial charge < -0.3 is 14.4 Å². The molecule has 0 amide bonds. The Bertz CT molecular complexity index is 954. The molecule has 0 aliphatic rings. The van der Waals surface area contributed by atoms with Crippen LogP contribution in [0.2, 0.25) is 0 Å². The molecule has 0 bridgehead atoms. The molecule has 2 aromatic heterocycles. The van der Waals surface area contributed by atoms with Gasteiger partial charge >= 0.3 is 6.16 Å². The SMILES string of the molecule is CC(CF)n1cc(C#N)c2cc(-n3cc(OC(=O)O)cn3)ccc21. The monoisotopic (exact) mass is 328 g/mol. The van der Waals surface area contributed by atoms with Crippen molar-refractivity contribution in [3.63, 3.8) is 0 Å². The Morgan fingerprint density at radius 3 is 2.96 bits per heavy atom. The first-order valence-electron chi connectivity index (χ1n) is 7.10. The van der Waals surface area contributed by atoms with E-state index in [0.29, 0.717) is 16.6 Å². The number of nitrogens with zero attached hydrogens (tertiary/aromatic N) is 4. The van der Waals surface area contributed by atoms with E-state index in [9.17, 15) is 14.4 Å². The van der Waals surface area contributed by atoms with Gasteiger partial charge in [0.25, 0.3) is 0 Å². The summed E-state index contributed by atoms with van der Waals surface area (Å²) in [4.78, 5) is 10.5. The summed E-state index contributed by atoms with van der Waals surface area (Å²) in [6, 6.07) is 7.00. The largest absolute Gasteiger partial charge is 0.511 e. The summed E-state index contributed by atoms with van der Waals surface area (Å²) in [6.07, 6.45) is 2.90. The molecule has 1 unspecified atom stereocenters. The molecular formula is C16H13FN4O3. The number of halogens is 1. The lowest BCUT2D eigenvalue weighted by atomic mass is 10.1. The minimum absolute atomic E-state index is 0.0896. The van der Waals surface area contributed by atoms with Crippen molar-refractivity contribution in [2.75, 3.05) is 6.67 Å². The van der Waals surface area contributed by atoms with E-state index >= 15 is 0 Å². The highest BCUT2D eigenvalue weighted by Gasteiger charge is 2.14. The van der Waals surface area contributed by atoms with Gasteiger partial charge in [-0.05, 0) is 25.1 Å². The minimum atomic E-state index is -1.42. The first kappa shape index (κ1) is 15.6. The summed E-state index contributed by atoms with van der Waals surface area (Å²) < 4.78 is 20.7. The normalized spacial score (nSPS) is 12.0. The lowest BCUT2D eigenvalue weighted by Gasteiger charge is -2.11. The van der Waals surface area contributed by atoms with Crippen molar-refractivity contribution in [3.8, 4) is 17.5 Å². The molecule has 0 fully saturated rings. The second kappa shape index (κ2) is 6.04. The van der Waals surface area contributed by atoms with Crippen LogP contribution in [0.5, 0.6) is 5.75 Å². The average Bonchev–Trinajstić information content (AvgIpc) is 3.17. The van der Waals surface area contributed by atoms with E-state index in [4.69, 9.17) is 5.11 Å². The summed E-state index contributed by atoms with van der Waals surface area (Å²) in [5, 5.41) is 22.6. The van der Waals surface area contributed by atoms with Crippen LogP contribution in [0.1, 0.15) is 18.5 Å². The van der Waals surface area contributed by atoms with Gasteiger partial charge in [-0.15, -0.1) is 0 Å². The van der Waals surface area contributed by atoms with Crippen molar-refractivity contribution >= 4 is 17.1 Å². The number of fused-ring (bicyclic) bond motifs is 1. The second-order valence-electron chi connectivity index (χ2n) is 5.26. The van der Waals surface area contributed by atoms with Gasteiger partial charge in [0, 0.05) is 17.1 Å². The quantitative estimate of drug-likeness (QED) is 0.742.